The van der Waals surface area contributed by atoms with Crippen LogP contribution in [0.1, 0.15) is 37.7 Å². The third kappa shape index (κ3) is 2.16. The van der Waals surface area contributed by atoms with Gasteiger partial charge < -0.3 is 10.5 Å². The molecule has 4 rings (SSSR count). The van der Waals surface area contributed by atoms with E-state index in [0.717, 1.165) is 40.3 Å². The second-order valence-electron chi connectivity index (χ2n) is 7.44. The topological polar surface area (TPSA) is 35.2 Å². The molecule has 114 valence electrons. The van der Waals surface area contributed by atoms with Crippen LogP contribution >= 0.6 is 15.9 Å². The SMILES string of the molecule is COc1ccc(CC2(N)CC3CC2C2CCCC32)cc1Br. The molecule has 3 fully saturated rings. The average Bonchev–Trinajstić information content (AvgIpc) is 3.09. The predicted octanol–water partition coefficient (Wildman–Crippen LogP) is 4.15. The first-order valence-corrected chi connectivity index (χ1v) is 9.01. The zero-order valence-corrected chi connectivity index (χ0v) is 14.2. The van der Waals surface area contributed by atoms with E-state index in [9.17, 15) is 0 Å². The summed E-state index contributed by atoms with van der Waals surface area (Å²) in [7, 11) is 1.71. The standard InChI is InChI=1S/C18H24BrNO/c1-21-17-6-5-11(7-16(17)19)9-18(20)10-12-8-15(18)14-4-2-3-13(12)14/h5-7,12-15H,2-4,8-10,20H2,1H3. The molecule has 0 aromatic heterocycles. The number of fused-ring (bicyclic) bond motifs is 5. The fourth-order valence-corrected chi connectivity index (χ4v) is 6.30. The monoisotopic (exact) mass is 349 g/mol. The largest absolute Gasteiger partial charge is 0.496 e. The Morgan fingerprint density at radius 2 is 2.14 bits per heavy atom. The van der Waals surface area contributed by atoms with E-state index in [1.54, 1.807) is 7.11 Å². The lowest BCUT2D eigenvalue weighted by Gasteiger charge is -2.40. The van der Waals surface area contributed by atoms with Gasteiger partial charge in [0.15, 0.2) is 0 Å². The number of rotatable bonds is 3. The number of halogens is 1. The van der Waals surface area contributed by atoms with Gasteiger partial charge in [0.05, 0.1) is 11.6 Å². The molecule has 1 aromatic carbocycles. The average molecular weight is 350 g/mol. The summed E-state index contributed by atoms with van der Waals surface area (Å²) in [6.45, 7) is 0. The third-order valence-electron chi connectivity index (χ3n) is 6.43. The number of ether oxygens (including phenoxy) is 1. The Bertz CT molecular complexity index is 560. The van der Waals surface area contributed by atoms with Crippen LogP contribution in [0.15, 0.2) is 22.7 Å². The first kappa shape index (κ1) is 14.1. The summed E-state index contributed by atoms with van der Waals surface area (Å²) in [5, 5.41) is 0. The minimum Gasteiger partial charge on any atom is -0.496 e. The van der Waals surface area contributed by atoms with Crippen molar-refractivity contribution in [3.05, 3.63) is 28.2 Å². The normalized spacial score (nSPS) is 40.5. The first-order chi connectivity index (χ1) is 10.1. The Kier molecular flexibility index (Phi) is 3.34. The number of methoxy groups -OCH3 is 1. The first-order valence-electron chi connectivity index (χ1n) is 8.22. The molecule has 0 amide bonds. The molecule has 0 heterocycles. The van der Waals surface area contributed by atoms with Crippen molar-refractivity contribution >= 4 is 15.9 Å². The molecule has 2 bridgehead atoms. The van der Waals surface area contributed by atoms with Crippen molar-refractivity contribution in [2.24, 2.45) is 29.4 Å². The van der Waals surface area contributed by atoms with Crippen LogP contribution in [0, 0.1) is 23.7 Å². The number of benzene rings is 1. The molecule has 0 saturated heterocycles. The molecule has 2 N–H and O–H groups in total. The summed E-state index contributed by atoms with van der Waals surface area (Å²) < 4.78 is 6.36. The maximum atomic E-state index is 6.91. The van der Waals surface area contributed by atoms with Crippen molar-refractivity contribution in [3.8, 4) is 5.75 Å². The van der Waals surface area contributed by atoms with Gasteiger partial charge in [0, 0.05) is 5.54 Å². The molecule has 3 aliphatic carbocycles. The van der Waals surface area contributed by atoms with Crippen molar-refractivity contribution in [3.63, 3.8) is 0 Å². The van der Waals surface area contributed by atoms with Crippen LogP contribution in [-0.2, 0) is 6.42 Å². The molecular formula is C18H24BrNO. The van der Waals surface area contributed by atoms with E-state index in [4.69, 9.17) is 10.5 Å². The van der Waals surface area contributed by atoms with Gasteiger partial charge in [0.25, 0.3) is 0 Å². The van der Waals surface area contributed by atoms with Crippen LogP contribution in [0.4, 0.5) is 0 Å². The Labute approximate surface area is 135 Å². The molecule has 0 aliphatic heterocycles. The van der Waals surface area contributed by atoms with Gasteiger partial charge in [-0.05, 0) is 89.4 Å². The highest BCUT2D eigenvalue weighted by Crippen LogP contribution is 2.62. The lowest BCUT2D eigenvalue weighted by atomic mass is 9.69. The van der Waals surface area contributed by atoms with Gasteiger partial charge in [-0.2, -0.15) is 0 Å². The van der Waals surface area contributed by atoms with Crippen molar-refractivity contribution in [2.75, 3.05) is 7.11 Å². The van der Waals surface area contributed by atoms with Gasteiger partial charge in [-0.15, -0.1) is 0 Å². The summed E-state index contributed by atoms with van der Waals surface area (Å²) in [5.74, 6) is 4.50. The molecule has 2 nitrogen and oxygen atoms in total. The second kappa shape index (κ2) is 4.99. The van der Waals surface area contributed by atoms with Crippen LogP contribution in [0.5, 0.6) is 5.75 Å². The van der Waals surface area contributed by atoms with Gasteiger partial charge >= 0.3 is 0 Å². The fraction of sp³-hybridized carbons (Fsp3) is 0.667. The minimum atomic E-state index is 0.0319. The Morgan fingerprint density at radius 3 is 2.90 bits per heavy atom. The highest BCUT2D eigenvalue weighted by molar-refractivity contribution is 9.10. The third-order valence-corrected chi connectivity index (χ3v) is 7.05. The Balaban J connectivity index is 1.56. The molecule has 5 unspecified atom stereocenters. The van der Waals surface area contributed by atoms with Crippen molar-refractivity contribution in [1.82, 2.24) is 0 Å². The summed E-state index contributed by atoms with van der Waals surface area (Å²) in [4.78, 5) is 0. The molecule has 5 atom stereocenters. The van der Waals surface area contributed by atoms with E-state index in [-0.39, 0.29) is 5.54 Å². The van der Waals surface area contributed by atoms with Crippen LogP contribution in [-0.4, -0.2) is 12.6 Å². The van der Waals surface area contributed by atoms with E-state index in [1.165, 1.54) is 37.7 Å². The number of hydrogen-bond donors (Lipinski definition) is 1. The lowest BCUT2D eigenvalue weighted by Crippen LogP contribution is -2.50. The van der Waals surface area contributed by atoms with E-state index in [1.807, 2.05) is 6.07 Å². The Morgan fingerprint density at radius 1 is 1.33 bits per heavy atom. The molecule has 21 heavy (non-hydrogen) atoms. The maximum Gasteiger partial charge on any atom is 0.133 e. The highest BCUT2D eigenvalue weighted by atomic mass is 79.9. The number of hydrogen-bond acceptors (Lipinski definition) is 2. The summed E-state index contributed by atoms with van der Waals surface area (Å²) in [6, 6.07) is 6.41. The highest BCUT2D eigenvalue weighted by Gasteiger charge is 2.59. The quantitative estimate of drug-likeness (QED) is 0.889. The summed E-state index contributed by atoms with van der Waals surface area (Å²) in [5.41, 5.74) is 8.28. The zero-order valence-electron chi connectivity index (χ0n) is 12.6. The van der Waals surface area contributed by atoms with Crippen molar-refractivity contribution in [2.45, 2.75) is 44.1 Å². The second-order valence-corrected chi connectivity index (χ2v) is 8.30. The van der Waals surface area contributed by atoms with Crippen molar-refractivity contribution < 1.29 is 4.74 Å². The minimum absolute atomic E-state index is 0.0319. The number of nitrogens with two attached hydrogens (primary N) is 1. The van der Waals surface area contributed by atoms with Crippen LogP contribution < -0.4 is 10.5 Å². The molecule has 1 aromatic rings. The molecular weight excluding hydrogens is 326 g/mol. The van der Waals surface area contributed by atoms with Gasteiger partial charge in [0.2, 0.25) is 0 Å². The van der Waals surface area contributed by atoms with Crippen molar-refractivity contribution in [1.29, 1.82) is 0 Å². The summed E-state index contributed by atoms with van der Waals surface area (Å²) >= 11 is 3.59. The van der Waals surface area contributed by atoms with Crippen LogP contribution in [0.2, 0.25) is 0 Å². The van der Waals surface area contributed by atoms with E-state index in [2.05, 4.69) is 28.1 Å². The molecule has 0 spiro atoms. The molecule has 0 radical (unpaired) electrons. The smallest absolute Gasteiger partial charge is 0.133 e. The fourth-order valence-electron chi connectivity index (χ4n) is 5.72. The molecule has 3 aliphatic rings. The maximum absolute atomic E-state index is 6.91. The van der Waals surface area contributed by atoms with E-state index >= 15 is 0 Å². The van der Waals surface area contributed by atoms with Gasteiger partial charge in [-0.1, -0.05) is 12.5 Å². The zero-order chi connectivity index (χ0) is 14.6. The molecule has 3 saturated carbocycles. The van der Waals surface area contributed by atoms with Gasteiger partial charge in [-0.3, -0.25) is 0 Å². The van der Waals surface area contributed by atoms with Gasteiger partial charge in [-0.25, -0.2) is 0 Å². The lowest BCUT2D eigenvalue weighted by molar-refractivity contribution is 0.156. The van der Waals surface area contributed by atoms with E-state index < -0.39 is 0 Å². The van der Waals surface area contributed by atoms with Gasteiger partial charge in [0.1, 0.15) is 5.75 Å². The van der Waals surface area contributed by atoms with E-state index in [0.29, 0.717) is 0 Å². The van der Waals surface area contributed by atoms with Crippen LogP contribution in [0.25, 0.3) is 0 Å². The summed E-state index contributed by atoms with van der Waals surface area (Å²) in [6.07, 6.45) is 7.98. The van der Waals surface area contributed by atoms with Crippen LogP contribution in [0.3, 0.4) is 0 Å². The Hall–Kier alpha value is -0.540. The molecule has 3 heteroatoms. The predicted molar refractivity (Wildman–Crippen MR) is 88.4 cm³/mol.